The molecule has 1 fully saturated rings. The zero-order valence-corrected chi connectivity index (χ0v) is 20.5. The van der Waals surface area contributed by atoms with Crippen LogP contribution in [0.4, 0.5) is 11.4 Å². The smallest absolute Gasteiger partial charge is 0.313 e. The number of hydrogen-bond donors (Lipinski definition) is 2. The van der Waals surface area contributed by atoms with Gasteiger partial charge in [-0.2, -0.15) is 0 Å². The number of nitrogens with one attached hydrogen (secondary N) is 2. The molecule has 2 aliphatic rings. The SMILES string of the molecule is COc1ccc(C)cc1NC(=O)C(=O)NC[C@H](c1ccc2c(c1)CCCN2C)N1CCCCC1. The molecule has 2 aromatic rings. The first-order chi connectivity index (χ1) is 16.5. The van der Waals surface area contributed by atoms with Crippen LogP contribution in [0.15, 0.2) is 36.4 Å². The van der Waals surface area contributed by atoms with Crippen LogP contribution in [0.1, 0.15) is 48.4 Å². The highest BCUT2D eigenvalue weighted by Gasteiger charge is 2.26. The van der Waals surface area contributed by atoms with Crippen molar-refractivity contribution in [3.8, 4) is 5.75 Å². The van der Waals surface area contributed by atoms with E-state index < -0.39 is 11.8 Å². The summed E-state index contributed by atoms with van der Waals surface area (Å²) in [6.45, 7) is 5.41. The molecule has 0 radical (unpaired) electrons. The summed E-state index contributed by atoms with van der Waals surface area (Å²) in [6.07, 6.45) is 5.79. The molecule has 7 nitrogen and oxygen atoms in total. The Hall–Kier alpha value is -3.06. The van der Waals surface area contributed by atoms with Crippen molar-refractivity contribution in [3.05, 3.63) is 53.1 Å². The van der Waals surface area contributed by atoms with Crippen LogP contribution < -0.4 is 20.3 Å². The third-order valence-electron chi connectivity index (χ3n) is 6.94. The van der Waals surface area contributed by atoms with Gasteiger partial charge in [-0.1, -0.05) is 24.6 Å². The Kier molecular flexibility index (Phi) is 7.73. The molecule has 2 N–H and O–H groups in total. The van der Waals surface area contributed by atoms with Crippen molar-refractivity contribution in [2.45, 2.75) is 45.1 Å². The molecule has 2 aliphatic heterocycles. The fourth-order valence-electron chi connectivity index (χ4n) is 5.07. The van der Waals surface area contributed by atoms with Gasteiger partial charge in [0.1, 0.15) is 5.75 Å². The lowest BCUT2D eigenvalue weighted by molar-refractivity contribution is -0.136. The van der Waals surface area contributed by atoms with Gasteiger partial charge in [-0.15, -0.1) is 0 Å². The number of fused-ring (bicyclic) bond motifs is 1. The predicted octanol–water partition coefficient (Wildman–Crippen LogP) is 3.67. The van der Waals surface area contributed by atoms with Gasteiger partial charge in [0.05, 0.1) is 18.8 Å². The number of ether oxygens (including phenoxy) is 1. The highest BCUT2D eigenvalue weighted by Crippen LogP contribution is 2.32. The zero-order valence-electron chi connectivity index (χ0n) is 20.5. The van der Waals surface area contributed by atoms with E-state index >= 15 is 0 Å². The van der Waals surface area contributed by atoms with E-state index in [0.29, 0.717) is 18.0 Å². The molecule has 1 saturated heterocycles. The van der Waals surface area contributed by atoms with E-state index in [1.165, 1.54) is 23.2 Å². The average Bonchev–Trinajstić information content (AvgIpc) is 2.85. The molecule has 0 aliphatic carbocycles. The minimum atomic E-state index is -0.687. The van der Waals surface area contributed by atoms with Gasteiger partial charge in [0.15, 0.2) is 0 Å². The number of carbonyl (C=O) groups excluding carboxylic acids is 2. The molecule has 2 aromatic carbocycles. The van der Waals surface area contributed by atoms with E-state index in [1.807, 2.05) is 13.0 Å². The number of likely N-dealkylation sites (tertiary alicyclic amines) is 1. The summed E-state index contributed by atoms with van der Waals surface area (Å²) in [7, 11) is 3.68. The molecular weight excluding hydrogens is 428 g/mol. The van der Waals surface area contributed by atoms with Crippen molar-refractivity contribution in [3.63, 3.8) is 0 Å². The Bertz CT molecular complexity index is 1030. The quantitative estimate of drug-likeness (QED) is 0.638. The van der Waals surface area contributed by atoms with E-state index in [4.69, 9.17) is 4.74 Å². The fourth-order valence-corrected chi connectivity index (χ4v) is 5.07. The molecule has 2 amide bonds. The van der Waals surface area contributed by atoms with Crippen LogP contribution in [0.2, 0.25) is 0 Å². The van der Waals surface area contributed by atoms with Crippen molar-refractivity contribution in [1.29, 1.82) is 0 Å². The Balaban J connectivity index is 1.47. The number of nitrogens with zero attached hydrogens (tertiary/aromatic N) is 2. The van der Waals surface area contributed by atoms with Crippen molar-refractivity contribution >= 4 is 23.2 Å². The van der Waals surface area contributed by atoms with E-state index in [-0.39, 0.29) is 6.04 Å². The lowest BCUT2D eigenvalue weighted by atomic mass is 9.95. The topological polar surface area (TPSA) is 73.9 Å². The first-order valence-electron chi connectivity index (χ1n) is 12.3. The van der Waals surface area contributed by atoms with Gasteiger partial charge >= 0.3 is 11.8 Å². The van der Waals surface area contributed by atoms with E-state index in [1.54, 1.807) is 19.2 Å². The standard InChI is InChI=1S/C27H36N4O3/c1-19-9-12-25(34-3)22(16-19)29-27(33)26(32)28-18-24(31-14-5-4-6-15-31)21-10-11-23-20(17-21)8-7-13-30(23)2/h9-12,16-17,24H,4-8,13-15,18H2,1-3H3,(H,28,32)(H,29,33)/t24-/m1/s1. The summed E-state index contributed by atoms with van der Waals surface area (Å²) in [5.74, 6) is -0.798. The van der Waals surface area contributed by atoms with E-state index in [9.17, 15) is 9.59 Å². The highest BCUT2D eigenvalue weighted by molar-refractivity contribution is 6.39. The van der Waals surface area contributed by atoms with Crippen LogP contribution >= 0.6 is 0 Å². The Morgan fingerprint density at radius 2 is 1.79 bits per heavy atom. The van der Waals surface area contributed by atoms with Crippen LogP contribution in [0, 0.1) is 6.92 Å². The Morgan fingerprint density at radius 3 is 2.56 bits per heavy atom. The maximum atomic E-state index is 12.7. The van der Waals surface area contributed by atoms with Gasteiger partial charge in [0.2, 0.25) is 0 Å². The van der Waals surface area contributed by atoms with Gasteiger partial charge in [-0.3, -0.25) is 14.5 Å². The highest BCUT2D eigenvalue weighted by atomic mass is 16.5. The molecule has 7 heteroatoms. The van der Waals surface area contributed by atoms with Crippen LogP contribution in [-0.4, -0.2) is 57.1 Å². The zero-order chi connectivity index (χ0) is 24.1. The molecule has 0 aromatic heterocycles. The molecule has 2 heterocycles. The molecule has 34 heavy (non-hydrogen) atoms. The second kappa shape index (κ2) is 10.9. The number of anilines is 2. The number of benzene rings is 2. The third kappa shape index (κ3) is 5.53. The van der Waals surface area contributed by atoms with Crippen molar-refractivity contribution < 1.29 is 14.3 Å². The Labute approximate surface area is 202 Å². The third-order valence-corrected chi connectivity index (χ3v) is 6.94. The summed E-state index contributed by atoms with van der Waals surface area (Å²) in [5, 5.41) is 5.59. The number of piperidine rings is 1. The minimum absolute atomic E-state index is 0.0445. The number of rotatable bonds is 6. The molecule has 0 bridgehead atoms. The molecular formula is C27H36N4O3. The van der Waals surface area contributed by atoms with Gasteiger partial charge in [-0.05, 0) is 80.6 Å². The molecule has 0 spiro atoms. The molecule has 1 atom stereocenters. The second-order valence-electron chi connectivity index (χ2n) is 9.39. The van der Waals surface area contributed by atoms with E-state index in [0.717, 1.165) is 50.9 Å². The number of carbonyl (C=O) groups is 2. The number of amides is 2. The number of hydrogen-bond acceptors (Lipinski definition) is 5. The van der Waals surface area contributed by atoms with Gasteiger partial charge < -0.3 is 20.3 Å². The lowest BCUT2D eigenvalue weighted by Gasteiger charge is -2.36. The predicted molar refractivity (Wildman–Crippen MR) is 136 cm³/mol. The van der Waals surface area contributed by atoms with Gasteiger partial charge in [-0.25, -0.2) is 0 Å². The normalized spacial score (nSPS) is 17.0. The summed E-state index contributed by atoms with van der Waals surface area (Å²) in [4.78, 5) is 30.1. The second-order valence-corrected chi connectivity index (χ2v) is 9.39. The first-order valence-corrected chi connectivity index (χ1v) is 12.3. The summed E-state index contributed by atoms with van der Waals surface area (Å²) in [6, 6.07) is 12.2. The monoisotopic (exact) mass is 464 g/mol. The maximum absolute atomic E-state index is 12.7. The van der Waals surface area contributed by atoms with Crippen LogP contribution in [0.5, 0.6) is 5.75 Å². The maximum Gasteiger partial charge on any atom is 0.313 e. The largest absolute Gasteiger partial charge is 0.495 e. The molecule has 0 unspecified atom stereocenters. The number of aryl methyl sites for hydroxylation is 2. The number of methoxy groups -OCH3 is 1. The van der Waals surface area contributed by atoms with Gasteiger partial charge in [0, 0.05) is 25.8 Å². The minimum Gasteiger partial charge on any atom is -0.495 e. The van der Waals surface area contributed by atoms with Gasteiger partial charge in [0.25, 0.3) is 0 Å². The van der Waals surface area contributed by atoms with Crippen LogP contribution in [0.25, 0.3) is 0 Å². The first kappa shape index (κ1) is 24.1. The lowest BCUT2D eigenvalue weighted by Crippen LogP contribution is -2.43. The average molecular weight is 465 g/mol. The summed E-state index contributed by atoms with van der Waals surface area (Å²) in [5.41, 5.74) is 5.33. The van der Waals surface area contributed by atoms with Crippen LogP contribution in [0.3, 0.4) is 0 Å². The summed E-state index contributed by atoms with van der Waals surface area (Å²) < 4.78 is 5.31. The fraction of sp³-hybridized carbons (Fsp3) is 0.481. The molecule has 182 valence electrons. The van der Waals surface area contributed by atoms with Crippen molar-refractivity contribution in [2.24, 2.45) is 0 Å². The van der Waals surface area contributed by atoms with Crippen molar-refractivity contribution in [2.75, 3.05) is 50.6 Å². The van der Waals surface area contributed by atoms with Crippen LogP contribution in [-0.2, 0) is 16.0 Å². The Morgan fingerprint density at radius 1 is 1.00 bits per heavy atom. The molecule has 4 rings (SSSR count). The molecule has 0 saturated carbocycles. The summed E-state index contributed by atoms with van der Waals surface area (Å²) >= 11 is 0. The van der Waals surface area contributed by atoms with Crippen molar-refractivity contribution in [1.82, 2.24) is 10.2 Å². The van der Waals surface area contributed by atoms with E-state index in [2.05, 4.69) is 45.7 Å².